The molecule has 66 valence electrons. The molecule has 0 aromatic rings. The van der Waals surface area contributed by atoms with E-state index in [4.69, 9.17) is 5.26 Å². The molecule has 0 spiro atoms. The lowest BCUT2D eigenvalue weighted by molar-refractivity contribution is 0.718. The van der Waals surface area contributed by atoms with Gasteiger partial charge in [0.05, 0.1) is 6.07 Å². The van der Waals surface area contributed by atoms with E-state index in [0.29, 0.717) is 0 Å². The summed E-state index contributed by atoms with van der Waals surface area (Å²) in [5.41, 5.74) is 1.74. The fourth-order valence-corrected chi connectivity index (χ4v) is 0.937. The third-order valence-electron chi connectivity index (χ3n) is 1.50. The van der Waals surface area contributed by atoms with Crippen LogP contribution >= 0.6 is 0 Å². The van der Waals surface area contributed by atoms with Gasteiger partial charge in [-0.25, -0.2) is 0 Å². The van der Waals surface area contributed by atoms with Crippen LogP contribution in [0, 0.1) is 11.3 Å². The number of nitrogens with one attached hydrogen (secondary N) is 1. The molecule has 0 saturated carbocycles. The Morgan fingerprint density at radius 3 is 2.50 bits per heavy atom. The molecule has 0 rings (SSSR count). The van der Waals surface area contributed by atoms with E-state index in [2.05, 4.69) is 31.5 Å². The topological polar surface area (TPSA) is 35.8 Å². The van der Waals surface area contributed by atoms with Gasteiger partial charge in [-0.15, -0.1) is 0 Å². The van der Waals surface area contributed by atoms with Crippen molar-refractivity contribution in [2.45, 2.75) is 32.7 Å². The summed E-state index contributed by atoms with van der Waals surface area (Å²) in [6, 6.07) is 1.87. The highest BCUT2D eigenvalue weighted by atomic mass is 14.9. The van der Waals surface area contributed by atoms with Crippen LogP contribution in [0.25, 0.3) is 0 Å². The summed E-state index contributed by atoms with van der Waals surface area (Å²) in [4.78, 5) is 0. The standard InChI is InChI=1S/C10H16N2/c1-5-6-9(4)10(7-11)12-8(2)3/h10,12H,2,4-6H2,1,3H3. The first-order valence-corrected chi connectivity index (χ1v) is 4.11. The number of hydrogen-bond acceptors (Lipinski definition) is 2. The van der Waals surface area contributed by atoms with Crippen molar-refractivity contribution in [1.29, 1.82) is 5.26 Å². The minimum atomic E-state index is -0.276. The summed E-state index contributed by atoms with van der Waals surface area (Å²) in [7, 11) is 0. The highest BCUT2D eigenvalue weighted by Crippen LogP contribution is 2.07. The molecule has 0 aromatic carbocycles. The quantitative estimate of drug-likeness (QED) is 0.633. The smallest absolute Gasteiger partial charge is 0.135 e. The second-order valence-corrected chi connectivity index (χ2v) is 2.90. The number of hydrogen-bond donors (Lipinski definition) is 1. The van der Waals surface area contributed by atoms with E-state index in [1.807, 2.05) is 6.92 Å². The maximum absolute atomic E-state index is 8.76. The molecule has 0 saturated heterocycles. The van der Waals surface area contributed by atoms with Crippen LogP contribution < -0.4 is 5.32 Å². The van der Waals surface area contributed by atoms with Gasteiger partial charge < -0.3 is 5.32 Å². The van der Waals surface area contributed by atoms with Gasteiger partial charge in [-0.3, -0.25) is 0 Å². The Labute approximate surface area is 74.6 Å². The van der Waals surface area contributed by atoms with E-state index in [1.165, 1.54) is 0 Å². The van der Waals surface area contributed by atoms with Crippen LogP contribution in [0.3, 0.4) is 0 Å². The molecule has 0 aliphatic carbocycles. The number of allylic oxidation sites excluding steroid dienone is 1. The highest BCUT2D eigenvalue weighted by Gasteiger charge is 2.08. The van der Waals surface area contributed by atoms with Crippen LogP contribution in [0.5, 0.6) is 0 Å². The zero-order valence-electron chi connectivity index (χ0n) is 7.85. The summed E-state index contributed by atoms with van der Waals surface area (Å²) >= 11 is 0. The summed E-state index contributed by atoms with van der Waals surface area (Å²) in [6.45, 7) is 11.4. The molecule has 1 N–H and O–H groups in total. The molecule has 1 unspecified atom stereocenters. The molecule has 0 aliphatic rings. The van der Waals surface area contributed by atoms with Crippen LogP contribution in [0.1, 0.15) is 26.7 Å². The first-order valence-electron chi connectivity index (χ1n) is 4.11. The number of rotatable bonds is 5. The van der Waals surface area contributed by atoms with Crippen molar-refractivity contribution in [2.24, 2.45) is 0 Å². The first kappa shape index (κ1) is 10.8. The van der Waals surface area contributed by atoms with Crippen LogP contribution in [0.4, 0.5) is 0 Å². The fraction of sp³-hybridized carbons (Fsp3) is 0.500. The van der Waals surface area contributed by atoms with Crippen molar-refractivity contribution in [3.05, 3.63) is 24.4 Å². The maximum Gasteiger partial charge on any atom is 0.135 e. The average molecular weight is 164 g/mol. The fourth-order valence-electron chi connectivity index (χ4n) is 0.937. The van der Waals surface area contributed by atoms with Gasteiger partial charge in [0.15, 0.2) is 0 Å². The first-order chi connectivity index (χ1) is 5.61. The molecule has 2 nitrogen and oxygen atoms in total. The third kappa shape index (κ3) is 3.82. The zero-order valence-corrected chi connectivity index (χ0v) is 7.85. The van der Waals surface area contributed by atoms with Gasteiger partial charge in [-0.2, -0.15) is 5.26 Å². The molecule has 0 bridgehead atoms. The minimum absolute atomic E-state index is 0.276. The summed E-state index contributed by atoms with van der Waals surface area (Å²) in [6.07, 6.45) is 1.91. The van der Waals surface area contributed by atoms with Crippen molar-refractivity contribution in [3.63, 3.8) is 0 Å². The van der Waals surface area contributed by atoms with Gasteiger partial charge in [-0.05, 0) is 18.9 Å². The summed E-state index contributed by atoms with van der Waals surface area (Å²) in [5, 5.41) is 11.7. The highest BCUT2D eigenvalue weighted by molar-refractivity contribution is 5.18. The Bertz CT molecular complexity index is 210. The van der Waals surface area contributed by atoms with Crippen LogP contribution in [-0.4, -0.2) is 6.04 Å². The molecule has 0 aliphatic heterocycles. The molecule has 1 atom stereocenters. The molecular formula is C10H16N2. The summed E-state index contributed by atoms with van der Waals surface area (Å²) in [5.74, 6) is 0. The second-order valence-electron chi connectivity index (χ2n) is 2.90. The van der Waals surface area contributed by atoms with Crippen molar-refractivity contribution in [1.82, 2.24) is 5.32 Å². The van der Waals surface area contributed by atoms with Crippen LogP contribution in [0.15, 0.2) is 24.4 Å². The van der Waals surface area contributed by atoms with E-state index in [0.717, 1.165) is 24.1 Å². The molecule has 12 heavy (non-hydrogen) atoms. The van der Waals surface area contributed by atoms with Crippen LogP contribution in [0.2, 0.25) is 0 Å². The lowest BCUT2D eigenvalue weighted by Gasteiger charge is -2.14. The van der Waals surface area contributed by atoms with Gasteiger partial charge in [0.2, 0.25) is 0 Å². The van der Waals surface area contributed by atoms with Crippen molar-refractivity contribution in [2.75, 3.05) is 0 Å². The van der Waals surface area contributed by atoms with Gasteiger partial charge >= 0.3 is 0 Å². The predicted molar refractivity (Wildman–Crippen MR) is 51.4 cm³/mol. The van der Waals surface area contributed by atoms with Crippen LogP contribution in [-0.2, 0) is 0 Å². The number of nitrogens with zero attached hydrogens (tertiary/aromatic N) is 1. The summed E-state index contributed by atoms with van der Waals surface area (Å²) < 4.78 is 0. The largest absolute Gasteiger partial charge is 0.371 e. The lowest BCUT2D eigenvalue weighted by Crippen LogP contribution is -2.27. The second kappa shape index (κ2) is 5.42. The Morgan fingerprint density at radius 2 is 2.17 bits per heavy atom. The molecule has 0 radical (unpaired) electrons. The molecule has 0 fully saturated rings. The Morgan fingerprint density at radius 1 is 1.58 bits per heavy atom. The Hall–Kier alpha value is -1.23. The molecule has 0 heterocycles. The Balaban J connectivity index is 4.08. The predicted octanol–water partition coefficient (Wildman–Crippen LogP) is 2.36. The van der Waals surface area contributed by atoms with Gasteiger partial charge in [0, 0.05) is 5.70 Å². The van der Waals surface area contributed by atoms with E-state index in [-0.39, 0.29) is 6.04 Å². The molecule has 0 aromatic heterocycles. The van der Waals surface area contributed by atoms with Crippen molar-refractivity contribution >= 4 is 0 Å². The van der Waals surface area contributed by atoms with E-state index in [9.17, 15) is 0 Å². The van der Waals surface area contributed by atoms with Gasteiger partial charge in [0.25, 0.3) is 0 Å². The number of nitriles is 1. The normalized spacial score (nSPS) is 11.4. The monoisotopic (exact) mass is 164 g/mol. The van der Waals surface area contributed by atoms with Gasteiger partial charge in [-0.1, -0.05) is 26.5 Å². The third-order valence-corrected chi connectivity index (χ3v) is 1.50. The SMILES string of the molecule is C=C(C)NC(C#N)C(=C)CCC. The van der Waals surface area contributed by atoms with E-state index in [1.54, 1.807) is 0 Å². The molecule has 0 amide bonds. The molecule has 2 heteroatoms. The molecular weight excluding hydrogens is 148 g/mol. The lowest BCUT2D eigenvalue weighted by atomic mass is 10.1. The average Bonchev–Trinajstić information content (AvgIpc) is 2.00. The van der Waals surface area contributed by atoms with Crippen molar-refractivity contribution < 1.29 is 0 Å². The van der Waals surface area contributed by atoms with Gasteiger partial charge in [0.1, 0.15) is 6.04 Å². The minimum Gasteiger partial charge on any atom is -0.371 e. The maximum atomic E-state index is 8.76. The Kier molecular flexibility index (Phi) is 4.87. The van der Waals surface area contributed by atoms with Crippen molar-refractivity contribution in [3.8, 4) is 6.07 Å². The van der Waals surface area contributed by atoms with E-state index >= 15 is 0 Å². The zero-order chi connectivity index (χ0) is 9.56. The van der Waals surface area contributed by atoms with E-state index < -0.39 is 0 Å².